The summed E-state index contributed by atoms with van der Waals surface area (Å²) in [6.07, 6.45) is 0. The van der Waals surface area contributed by atoms with Gasteiger partial charge in [0, 0.05) is 22.9 Å². The zero-order valence-corrected chi connectivity index (χ0v) is 14.6. The number of amides is 1. The number of benzene rings is 1. The number of rotatable bonds is 4. The number of Topliss-reactive ketones (excluding diaryl/α,β-unsaturated/α-hetero) is 1. The molecule has 126 valence electrons. The Morgan fingerprint density at radius 1 is 1.08 bits per heavy atom. The van der Waals surface area contributed by atoms with Crippen molar-refractivity contribution in [3.05, 3.63) is 47.4 Å². The summed E-state index contributed by atoms with van der Waals surface area (Å²) < 4.78 is 0. The van der Waals surface area contributed by atoms with Crippen LogP contribution in [0.15, 0.2) is 30.3 Å². The lowest BCUT2D eigenvalue weighted by Gasteiger charge is -2.20. The van der Waals surface area contributed by atoms with Crippen LogP contribution in [0.4, 0.5) is 11.5 Å². The van der Waals surface area contributed by atoms with E-state index in [0.29, 0.717) is 22.9 Å². The molecule has 0 atom stereocenters. The van der Waals surface area contributed by atoms with Crippen LogP contribution < -0.4 is 10.6 Å². The zero-order valence-electron chi connectivity index (χ0n) is 14.6. The van der Waals surface area contributed by atoms with Crippen LogP contribution in [-0.4, -0.2) is 27.2 Å². The van der Waals surface area contributed by atoms with Gasteiger partial charge in [-0.3, -0.25) is 9.59 Å². The highest BCUT2D eigenvalue weighted by molar-refractivity contribution is 5.95. The summed E-state index contributed by atoms with van der Waals surface area (Å²) in [6.45, 7) is 8.97. The van der Waals surface area contributed by atoms with Crippen LogP contribution in [0.1, 0.15) is 54.4 Å². The van der Waals surface area contributed by atoms with E-state index in [0.717, 1.165) is 5.69 Å². The molecule has 24 heavy (non-hydrogen) atoms. The van der Waals surface area contributed by atoms with Crippen molar-refractivity contribution in [1.82, 2.24) is 15.3 Å². The van der Waals surface area contributed by atoms with Crippen LogP contribution in [0.2, 0.25) is 0 Å². The molecule has 0 aliphatic carbocycles. The summed E-state index contributed by atoms with van der Waals surface area (Å²) in [7, 11) is 0. The Hall–Kier alpha value is -2.76. The van der Waals surface area contributed by atoms with Gasteiger partial charge in [-0.15, -0.1) is 0 Å². The van der Waals surface area contributed by atoms with Crippen LogP contribution in [-0.2, 0) is 0 Å². The standard InChI is InChI=1S/C18H22N4O2/c1-11(23)13-7-6-8-14(9-13)21-16-10-15(19-12(2)20-16)17(24)22-18(3,4)5/h6-10H,1-5H3,(H,22,24)(H,19,20,21). The predicted octanol–water partition coefficient (Wildman–Crippen LogP) is 3.26. The third-order valence-corrected chi connectivity index (χ3v) is 3.10. The van der Waals surface area contributed by atoms with Gasteiger partial charge in [-0.25, -0.2) is 9.97 Å². The van der Waals surface area contributed by atoms with E-state index in [1.165, 1.54) is 6.92 Å². The average Bonchev–Trinajstić information content (AvgIpc) is 2.45. The number of ketones is 1. The Morgan fingerprint density at radius 2 is 1.79 bits per heavy atom. The minimum Gasteiger partial charge on any atom is -0.346 e. The lowest BCUT2D eigenvalue weighted by atomic mass is 10.1. The van der Waals surface area contributed by atoms with Crippen LogP contribution in [0.3, 0.4) is 0 Å². The molecule has 1 aromatic carbocycles. The Morgan fingerprint density at radius 3 is 2.42 bits per heavy atom. The fourth-order valence-corrected chi connectivity index (χ4v) is 2.12. The quantitative estimate of drug-likeness (QED) is 0.843. The third kappa shape index (κ3) is 4.87. The summed E-state index contributed by atoms with van der Waals surface area (Å²) in [4.78, 5) is 32.2. The largest absolute Gasteiger partial charge is 0.346 e. The molecule has 6 heteroatoms. The van der Waals surface area contributed by atoms with Gasteiger partial charge in [0.2, 0.25) is 0 Å². The van der Waals surface area contributed by atoms with E-state index in [2.05, 4.69) is 20.6 Å². The molecule has 1 amide bonds. The van der Waals surface area contributed by atoms with E-state index in [1.807, 2.05) is 26.8 Å². The van der Waals surface area contributed by atoms with Crippen molar-refractivity contribution in [3.63, 3.8) is 0 Å². The molecule has 1 aromatic heterocycles. The topological polar surface area (TPSA) is 84.0 Å². The second kappa shape index (κ2) is 6.78. The molecule has 0 bridgehead atoms. The summed E-state index contributed by atoms with van der Waals surface area (Å²) in [5, 5.41) is 5.99. The number of aromatic nitrogens is 2. The van der Waals surface area contributed by atoms with E-state index >= 15 is 0 Å². The monoisotopic (exact) mass is 326 g/mol. The van der Waals surface area contributed by atoms with Crippen molar-refractivity contribution in [2.24, 2.45) is 0 Å². The fourth-order valence-electron chi connectivity index (χ4n) is 2.12. The number of aryl methyl sites for hydroxylation is 1. The molecule has 1 heterocycles. The number of nitrogens with one attached hydrogen (secondary N) is 2. The molecule has 0 aliphatic rings. The molecule has 2 aromatic rings. The van der Waals surface area contributed by atoms with E-state index < -0.39 is 0 Å². The Bertz CT molecular complexity index is 779. The minimum atomic E-state index is -0.348. The number of nitrogens with zero attached hydrogens (tertiary/aromatic N) is 2. The number of carbonyl (C=O) groups excluding carboxylic acids is 2. The van der Waals surface area contributed by atoms with Gasteiger partial charge in [0.1, 0.15) is 17.3 Å². The maximum absolute atomic E-state index is 12.3. The molecule has 6 nitrogen and oxygen atoms in total. The molecule has 0 aliphatic heterocycles. The molecule has 0 spiro atoms. The molecule has 0 saturated carbocycles. The summed E-state index contributed by atoms with van der Waals surface area (Å²) >= 11 is 0. The SMILES string of the molecule is CC(=O)c1cccc(Nc2cc(C(=O)NC(C)(C)C)nc(C)n2)c1. The number of anilines is 2. The van der Waals surface area contributed by atoms with Crippen molar-refractivity contribution < 1.29 is 9.59 Å². The molecule has 0 fully saturated rings. The molecule has 0 saturated heterocycles. The first-order valence-electron chi connectivity index (χ1n) is 7.70. The highest BCUT2D eigenvalue weighted by Gasteiger charge is 2.17. The number of hydrogen-bond donors (Lipinski definition) is 2. The maximum atomic E-state index is 12.3. The van der Waals surface area contributed by atoms with E-state index in [4.69, 9.17) is 0 Å². The van der Waals surface area contributed by atoms with Crippen LogP contribution in [0.5, 0.6) is 0 Å². The highest BCUT2D eigenvalue weighted by atomic mass is 16.2. The summed E-state index contributed by atoms with van der Waals surface area (Å²) in [5.41, 5.74) is 1.28. The van der Waals surface area contributed by atoms with E-state index in [9.17, 15) is 9.59 Å². The Balaban J connectivity index is 2.27. The second-order valence-corrected chi connectivity index (χ2v) is 6.65. The lowest BCUT2D eigenvalue weighted by molar-refractivity contribution is 0.0913. The van der Waals surface area contributed by atoms with Crippen molar-refractivity contribution in [3.8, 4) is 0 Å². The molecule has 0 unspecified atom stereocenters. The zero-order chi connectivity index (χ0) is 17.9. The van der Waals surface area contributed by atoms with Gasteiger partial charge in [0.25, 0.3) is 5.91 Å². The van der Waals surface area contributed by atoms with Gasteiger partial charge in [0.05, 0.1) is 0 Å². The average molecular weight is 326 g/mol. The first-order chi connectivity index (χ1) is 11.1. The normalized spacial score (nSPS) is 11.0. The van der Waals surface area contributed by atoms with Crippen molar-refractivity contribution in [2.75, 3.05) is 5.32 Å². The smallest absolute Gasteiger partial charge is 0.270 e. The number of carbonyl (C=O) groups is 2. The highest BCUT2D eigenvalue weighted by Crippen LogP contribution is 2.17. The third-order valence-electron chi connectivity index (χ3n) is 3.10. The van der Waals surface area contributed by atoms with Gasteiger partial charge < -0.3 is 10.6 Å². The fraction of sp³-hybridized carbons (Fsp3) is 0.333. The van der Waals surface area contributed by atoms with Gasteiger partial charge in [-0.1, -0.05) is 12.1 Å². The van der Waals surface area contributed by atoms with Crippen LogP contribution >= 0.6 is 0 Å². The summed E-state index contributed by atoms with van der Waals surface area (Å²) in [5.74, 6) is 0.723. The molecule has 2 N–H and O–H groups in total. The number of hydrogen-bond acceptors (Lipinski definition) is 5. The molecule has 2 rings (SSSR count). The van der Waals surface area contributed by atoms with Crippen molar-refractivity contribution >= 4 is 23.2 Å². The minimum absolute atomic E-state index is 0.0113. The maximum Gasteiger partial charge on any atom is 0.270 e. The van der Waals surface area contributed by atoms with Gasteiger partial charge in [-0.05, 0) is 46.8 Å². The first-order valence-corrected chi connectivity index (χ1v) is 7.70. The first kappa shape index (κ1) is 17.6. The second-order valence-electron chi connectivity index (χ2n) is 6.65. The van der Waals surface area contributed by atoms with Gasteiger partial charge >= 0.3 is 0 Å². The van der Waals surface area contributed by atoms with Gasteiger partial charge in [0.15, 0.2) is 5.78 Å². The summed E-state index contributed by atoms with van der Waals surface area (Å²) in [6, 6.07) is 8.71. The van der Waals surface area contributed by atoms with Crippen LogP contribution in [0.25, 0.3) is 0 Å². The van der Waals surface area contributed by atoms with E-state index in [-0.39, 0.29) is 17.2 Å². The molecule has 0 radical (unpaired) electrons. The molecular weight excluding hydrogens is 304 g/mol. The predicted molar refractivity (Wildman–Crippen MR) is 93.7 cm³/mol. The van der Waals surface area contributed by atoms with Crippen LogP contribution in [0, 0.1) is 6.92 Å². The lowest BCUT2D eigenvalue weighted by Crippen LogP contribution is -2.41. The molecular formula is C18H22N4O2. The van der Waals surface area contributed by atoms with E-state index in [1.54, 1.807) is 31.2 Å². The Labute approximate surface area is 141 Å². The van der Waals surface area contributed by atoms with Gasteiger partial charge in [-0.2, -0.15) is 0 Å². The van der Waals surface area contributed by atoms with Crippen molar-refractivity contribution in [2.45, 2.75) is 40.2 Å². The van der Waals surface area contributed by atoms with Crippen molar-refractivity contribution in [1.29, 1.82) is 0 Å². The Kier molecular flexibility index (Phi) is 4.97.